The van der Waals surface area contributed by atoms with Crippen LogP contribution >= 0.6 is 0 Å². The fourth-order valence-corrected chi connectivity index (χ4v) is 4.20. The maximum Gasteiger partial charge on any atom is 0.0594 e. The van der Waals surface area contributed by atoms with Gasteiger partial charge in [-0.05, 0) is 25.2 Å². The van der Waals surface area contributed by atoms with E-state index in [0.717, 1.165) is 44.8 Å². The fraction of sp³-hybridized carbons (Fsp3) is 1.00. The molecule has 104 valence electrons. The van der Waals surface area contributed by atoms with Crippen LogP contribution in [0.1, 0.15) is 26.2 Å². The van der Waals surface area contributed by atoms with E-state index in [1.54, 1.807) is 0 Å². The quantitative estimate of drug-likeness (QED) is 0.796. The molecule has 4 heteroatoms. The number of hydrogen-bond donors (Lipinski definition) is 1. The van der Waals surface area contributed by atoms with E-state index in [1.165, 1.54) is 32.4 Å². The first kappa shape index (κ1) is 12.9. The third-order valence-corrected chi connectivity index (χ3v) is 5.23. The summed E-state index contributed by atoms with van der Waals surface area (Å²) in [5, 5.41) is 0. The zero-order valence-electron chi connectivity index (χ0n) is 11.6. The van der Waals surface area contributed by atoms with Crippen LogP contribution in [0, 0.1) is 5.92 Å². The molecule has 3 fully saturated rings. The number of morpholine rings is 1. The number of nitrogens with two attached hydrogens (primary N) is 1. The minimum absolute atomic E-state index is 0.348. The minimum Gasteiger partial charge on any atom is -0.379 e. The predicted molar refractivity (Wildman–Crippen MR) is 72.6 cm³/mol. The Bertz CT molecular complexity index is 285. The number of rotatable bonds is 3. The second kappa shape index (κ2) is 5.08. The molecule has 2 N–H and O–H groups in total. The zero-order chi connectivity index (χ0) is 12.6. The van der Waals surface area contributed by atoms with Crippen molar-refractivity contribution in [1.29, 1.82) is 0 Å². The summed E-state index contributed by atoms with van der Waals surface area (Å²) in [5.74, 6) is 0.871. The van der Waals surface area contributed by atoms with Crippen LogP contribution in [0.2, 0.25) is 0 Å². The molecule has 0 bridgehead atoms. The lowest BCUT2D eigenvalue weighted by Crippen LogP contribution is -2.61. The van der Waals surface area contributed by atoms with E-state index in [-0.39, 0.29) is 0 Å². The van der Waals surface area contributed by atoms with Crippen molar-refractivity contribution in [3.63, 3.8) is 0 Å². The van der Waals surface area contributed by atoms with Crippen LogP contribution in [0.15, 0.2) is 0 Å². The molecule has 0 aromatic heterocycles. The van der Waals surface area contributed by atoms with Gasteiger partial charge in [0.1, 0.15) is 0 Å². The lowest BCUT2D eigenvalue weighted by atomic mass is 9.68. The monoisotopic (exact) mass is 253 g/mol. The van der Waals surface area contributed by atoms with E-state index in [4.69, 9.17) is 10.5 Å². The van der Waals surface area contributed by atoms with Crippen LogP contribution in [0.25, 0.3) is 0 Å². The number of ether oxygens (including phenoxy) is 1. The highest BCUT2D eigenvalue weighted by Gasteiger charge is 2.48. The highest BCUT2D eigenvalue weighted by molar-refractivity contribution is 5.05. The molecule has 0 radical (unpaired) electrons. The second-order valence-electron chi connectivity index (χ2n) is 6.48. The van der Waals surface area contributed by atoms with Gasteiger partial charge in [0.15, 0.2) is 0 Å². The summed E-state index contributed by atoms with van der Waals surface area (Å²) in [6, 6.07) is 0.744. The Kier molecular flexibility index (Phi) is 3.63. The molecule has 3 rings (SSSR count). The molecule has 0 amide bonds. The van der Waals surface area contributed by atoms with Gasteiger partial charge in [-0.2, -0.15) is 0 Å². The normalized spacial score (nSPS) is 43.0. The molecule has 1 aliphatic carbocycles. The van der Waals surface area contributed by atoms with Gasteiger partial charge < -0.3 is 10.5 Å². The molecule has 2 saturated heterocycles. The molecule has 0 aromatic carbocycles. The maximum absolute atomic E-state index is 6.06. The van der Waals surface area contributed by atoms with Crippen molar-refractivity contribution in [2.24, 2.45) is 11.7 Å². The first-order valence-electron chi connectivity index (χ1n) is 7.50. The predicted octanol–water partition coefficient (Wildman–Crippen LogP) is 0.520. The van der Waals surface area contributed by atoms with E-state index in [1.807, 2.05) is 0 Å². The largest absolute Gasteiger partial charge is 0.379 e. The summed E-state index contributed by atoms with van der Waals surface area (Å²) in [7, 11) is 0. The van der Waals surface area contributed by atoms with Crippen molar-refractivity contribution in [2.75, 3.05) is 45.9 Å². The van der Waals surface area contributed by atoms with Crippen LogP contribution < -0.4 is 5.73 Å². The second-order valence-corrected chi connectivity index (χ2v) is 6.48. The molecule has 2 heterocycles. The van der Waals surface area contributed by atoms with Gasteiger partial charge in [0, 0.05) is 44.3 Å². The van der Waals surface area contributed by atoms with Gasteiger partial charge in [-0.25, -0.2) is 0 Å². The van der Waals surface area contributed by atoms with Crippen molar-refractivity contribution < 1.29 is 4.74 Å². The Hall–Kier alpha value is -0.160. The minimum atomic E-state index is 0.348. The summed E-state index contributed by atoms with van der Waals surface area (Å²) in [6.07, 6.45) is 3.93. The first-order chi connectivity index (χ1) is 8.73. The van der Waals surface area contributed by atoms with Crippen molar-refractivity contribution >= 4 is 0 Å². The zero-order valence-corrected chi connectivity index (χ0v) is 11.6. The molecular weight excluding hydrogens is 226 g/mol. The van der Waals surface area contributed by atoms with Crippen LogP contribution in [0.5, 0.6) is 0 Å². The fourth-order valence-electron chi connectivity index (χ4n) is 4.20. The smallest absolute Gasteiger partial charge is 0.0594 e. The van der Waals surface area contributed by atoms with Crippen LogP contribution in [-0.2, 0) is 4.74 Å². The lowest BCUT2D eigenvalue weighted by molar-refractivity contribution is -0.0117. The standard InChI is InChI=1S/C14H27N3O/c1-12-8-14(9-12,11-15)17-3-2-13(10-17)16-4-6-18-7-5-16/h12-13H,2-11,15H2,1H3. The summed E-state index contributed by atoms with van der Waals surface area (Å²) in [4.78, 5) is 5.31. The molecule has 4 nitrogen and oxygen atoms in total. The Labute approximate surface area is 110 Å². The molecule has 1 atom stereocenters. The molecule has 0 spiro atoms. The highest BCUT2D eigenvalue weighted by atomic mass is 16.5. The van der Waals surface area contributed by atoms with E-state index >= 15 is 0 Å². The van der Waals surface area contributed by atoms with Gasteiger partial charge in [-0.3, -0.25) is 9.80 Å². The third kappa shape index (κ3) is 2.20. The number of likely N-dealkylation sites (tertiary alicyclic amines) is 1. The Morgan fingerprint density at radius 1 is 1.22 bits per heavy atom. The Morgan fingerprint density at radius 3 is 2.56 bits per heavy atom. The van der Waals surface area contributed by atoms with Crippen molar-refractivity contribution in [2.45, 2.75) is 37.8 Å². The molecule has 1 saturated carbocycles. The molecule has 0 aromatic rings. The third-order valence-electron chi connectivity index (χ3n) is 5.23. The van der Waals surface area contributed by atoms with Crippen LogP contribution in [0.4, 0.5) is 0 Å². The van der Waals surface area contributed by atoms with Gasteiger partial charge >= 0.3 is 0 Å². The van der Waals surface area contributed by atoms with Crippen LogP contribution in [-0.4, -0.2) is 67.3 Å². The molecule has 1 unspecified atom stereocenters. The lowest BCUT2D eigenvalue weighted by Gasteiger charge is -2.52. The van der Waals surface area contributed by atoms with Crippen LogP contribution in [0.3, 0.4) is 0 Å². The average molecular weight is 253 g/mol. The molecule has 3 aliphatic rings. The van der Waals surface area contributed by atoms with Gasteiger partial charge in [0.2, 0.25) is 0 Å². The maximum atomic E-state index is 6.06. The van der Waals surface area contributed by atoms with Crippen molar-refractivity contribution in [3.8, 4) is 0 Å². The van der Waals surface area contributed by atoms with E-state index in [2.05, 4.69) is 16.7 Å². The van der Waals surface area contributed by atoms with E-state index in [9.17, 15) is 0 Å². The topological polar surface area (TPSA) is 41.7 Å². The summed E-state index contributed by atoms with van der Waals surface area (Å²) >= 11 is 0. The first-order valence-corrected chi connectivity index (χ1v) is 7.50. The van der Waals surface area contributed by atoms with E-state index < -0.39 is 0 Å². The van der Waals surface area contributed by atoms with Gasteiger partial charge in [-0.15, -0.1) is 0 Å². The van der Waals surface area contributed by atoms with Gasteiger partial charge in [0.05, 0.1) is 13.2 Å². The van der Waals surface area contributed by atoms with Gasteiger partial charge in [-0.1, -0.05) is 6.92 Å². The SMILES string of the molecule is CC1CC(CN)(N2CCC(N3CCOCC3)C2)C1. The summed E-state index contributed by atoms with van der Waals surface area (Å²) < 4.78 is 5.45. The Morgan fingerprint density at radius 2 is 1.94 bits per heavy atom. The Balaban J connectivity index is 1.57. The van der Waals surface area contributed by atoms with E-state index in [0.29, 0.717) is 5.54 Å². The highest BCUT2D eigenvalue weighted by Crippen LogP contribution is 2.43. The average Bonchev–Trinajstić information content (AvgIpc) is 2.85. The van der Waals surface area contributed by atoms with Crippen molar-refractivity contribution in [1.82, 2.24) is 9.80 Å². The summed E-state index contributed by atoms with van der Waals surface area (Å²) in [5.41, 5.74) is 6.41. The number of hydrogen-bond acceptors (Lipinski definition) is 4. The summed E-state index contributed by atoms with van der Waals surface area (Å²) in [6.45, 7) is 9.71. The van der Waals surface area contributed by atoms with Crippen molar-refractivity contribution in [3.05, 3.63) is 0 Å². The molecule has 2 aliphatic heterocycles. The molecule has 18 heavy (non-hydrogen) atoms. The molecular formula is C14H27N3O. The number of nitrogens with zero attached hydrogens (tertiary/aromatic N) is 2. The van der Waals surface area contributed by atoms with Gasteiger partial charge in [0.25, 0.3) is 0 Å².